The smallest absolute Gasteiger partial charge is 0.291 e. The lowest BCUT2D eigenvalue weighted by Crippen LogP contribution is -2.02. The molecule has 8 heteroatoms. The number of phosphoric ester groups is 1. The molecule has 0 N–H and O–H groups in total. The van der Waals surface area contributed by atoms with Gasteiger partial charge in [0.1, 0.15) is 0 Å². The van der Waals surface area contributed by atoms with E-state index in [2.05, 4.69) is 19.0 Å². The second kappa shape index (κ2) is 12.9. The highest BCUT2D eigenvalue weighted by Gasteiger charge is 2.28. The average molecular weight is 348 g/mol. The molecule has 0 aromatic rings. The summed E-state index contributed by atoms with van der Waals surface area (Å²) >= 11 is 11.1. The molecule has 0 spiro atoms. The Labute approximate surface area is 131 Å². The van der Waals surface area contributed by atoms with E-state index in [0.29, 0.717) is 13.2 Å². The van der Waals surface area contributed by atoms with Gasteiger partial charge in [0.25, 0.3) is 0 Å². The summed E-state index contributed by atoms with van der Waals surface area (Å²) < 4.78 is 27.5. The van der Waals surface area contributed by atoms with E-state index in [9.17, 15) is 4.57 Å². The molecule has 0 atom stereocenters. The summed E-state index contributed by atoms with van der Waals surface area (Å²) in [5.41, 5.74) is 0. The maximum absolute atomic E-state index is 12.3. The third kappa shape index (κ3) is 10.9. The fourth-order valence-corrected chi connectivity index (χ4v) is 2.46. The highest BCUT2D eigenvalue weighted by atomic mass is 35.5. The van der Waals surface area contributed by atoms with Crippen molar-refractivity contribution in [3.05, 3.63) is 0 Å². The first-order chi connectivity index (χ1) is 9.58. The van der Waals surface area contributed by atoms with E-state index in [4.69, 9.17) is 36.9 Å². The summed E-state index contributed by atoms with van der Waals surface area (Å²) in [5, 5.41) is 3.45. The molecule has 0 aromatic heterocycles. The second-order valence-electron chi connectivity index (χ2n) is 4.21. The Morgan fingerprint density at radius 3 is 1.95 bits per heavy atom. The minimum Gasteiger partial charge on any atom is -0.291 e. The fourth-order valence-electron chi connectivity index (χ4n) is 1.26. The molecule has 0 rings (SSSR count). The van der Waals surface area contributed by atoms with Gasteiger partial charge in [0.15, 0.2) is 5.17 Å². The van der Waals surface area contributed by atoms with Crippen LogP contribution in [0.15, 0.2) is 5.16 Å². The van der Waals surface area contributed by atoms with Gasteiger partial charge in [-0.15, -0.1) is 11.6 Å². The summed E-state index contributed by atoms with van der Waals surface area (Å²) in [6.07, 6.45) is 5.64. The van der Waals surface area contributed by atoms with Crippen LogP contribution in [0.3, 0.4) is 0 Å². The van der Waals surface area contributed by atoms with Crippen LogP contribution >= 0.6 is 31.0 Å². The molecule has 0 heterocycles. The molecular formula is C12H24Cl2NO4P. The van der Waals surface area contributed by atoms with Crippen LogP contribution in [-0.2, 0) is 18.2 Å². The normalized spacial score (nSPS) is 12.7. The quantitative estimate of drug-likeness (QED) is 0.149. The molecule has 0 aliphatic heterocycles. The number of halogens is 2. The van der Waals surface area contributed by atoms with Crippen molar-refractivity contribution in [2.75, 3.05) is 19.1 Å². The highest BCUT2D eigenvalue weighted by Crippen LogP contribution is 2.50. The molecular weight excluding hydrogens is 324 g/mol. The van der Waals surface area contributed by atoms with Crippen LogP contribution < -0.4 is 0 Å². The van der Waals surface area contributed by atoms with Gasteiger partial charge < -0.3 is 0 Å². The molecule has 0 fully saturated rings. The van der Waals surface area contributed by atoms with Gasteiger partial charge >= 0.3 is 7.82 Å². The van der Waals surface area contributed by atoms with Crippen LogP contribution in [0.25, 0.3) is 0 Å². The van der Waals surface area contributed by atoms with Crippen molar-refractivity contribution < 1.29 is 18.2 Å². The zero-order chi connectivity index (χ0) is 15.3. The first-order valence-electron chi connectivity index (χ1n) is 6.94. The Hall–Kier alpha value is 0.200. The van der Waals surface area contributed by atoms with E-state index in [-0.39, 0.29) is 11.1 Å². The van der Waals surface area contributed by atoms with Crippen LogP contribution in [0.2, 0.25) is 0 Å². The number of nitrogens with zero attached hydrogens (tertiary/aromatic N) is 1. The minimum atomic E-state index is -3.70. The number of alkyl halides is 1. The van der Waals surface area contributed by atoms with E-state index in [1.54, 1.807) is 0 Å². The molecule has 5 nitrogen and oxygen atoms in total. The monoisotopic (exact) mass is 347 g/mol. The molecule has 0 unspecified atom stereocenters. The maximum atomic E-state index is 12.3. The van der Waals surface area contributed by atoms with Crippen LogP contribution in [-0.4, -0.2) is 24.3 Å². The first kappa shape index (κ1) is 20.2. The molecule has 0 amide bonds. The molecule has 0 saturated carbocycles. The molecule has 0 aliphatic carbocycles. The molecule has 0 aliphatic rings. The molecule has 0 radical (unpaired) electrons. The lowest BCUT2D eigenvalue weighted by Gasteiger charge is -2.15. The minimum absolute atomic E-state index is 0.00112. The number of hydrogen-bond acceptors (Lipinski definition) is 5. The lowest BCUT2D eigenvalue weighted by atomic mass is 10.3. The van der Waals surface area contributed by atoms with Crippen molar-refractivity contribution in [3.63, 3.8) is 0 Å². The summed E-state index contributed by atoms with van der Waals surface area (Å²) in [5.74, 6) is -0.0206. The Bertz CT molecular complexity index is 300. The van der Waals surface area contributed by atoms with Gasteiger partial charge in [-0.25, -0.2) is 4.57 Å². The largest absolute Gasteiger partial charge is 0.550 e. The van der Waals surface area contributed by atoms with Crippen LogP contribution in [0.1, 0.15) is 52.4 Å². The Kier molecular flexibility index (Phi) is 13.0. The van der Waals surface area contributed by atoms with Crippen molar-refractivity contribution in [1.29, 1.82) is 0 Å². The van der Waals surface area contributed by atoms with E-state index < -0.39 is 7.82 Å². The van der Waals surface area contributed by atoms with Gasteiger partial charge in [0.05, 0.1) is 19.1 Å². The lowest BCUT2D eigenvalue weighted by molar-refractivity contribution is 0.113. The second-order valence-corrected chi connectivity index (χ2v) is 6.49. The third-order valence-corrected chi connectivity index (χ3v) is 4.22. The van der Waals surface area contributed by atoms with Crippen LogP contribution in [0, 0.1) is 0 Å². The summed E-state index contributed by atoms with van der Waals surface area (Å²) in [6, 6.07) is 0. The van der Waals surface area contributed by atoms with Gasteiger partial charge in [-0.1, -0.05) is 56.3 Å². The Morgan fingerprint density at radius 2 is 1.55 bits per heavy atom. The standard InChI is InChI=1S/C12H24Cl2NO4P/c1-3-5-7-9-17-20(16,18-10-8-6-4-2)19-15-12(14)11-13/h3-11H2,1-2H3/b15-12+. The first-order valence-corrected chi connectivity index (χ1v) is 9.31. The summed E-state index contributed by atoms with van der Waals surface area (Å²) in [4.78, 5) is 0. The number of unbranched alkanes of at least 4 members (excludes halogenated alkanes) is 4. The van der Waals surface area contributed by atoms with Gasteiger partial charge in [-0.05, 0) is 12.8 Å². The summed E-state index contributed by atoms with van der Waals surface area (Å²) in [7, 11) is -3.70. The van der Waals surface area contributed by atoms with Crippen LogP contribution in [0.4, 0.5) is 0 Å². The van der Waals surface area contributed by atoms with Gasteiger partial charge in [-0.2, -0.15) is 0 Å². The van der Waals surface area contributed by atoms with E-state index in [1.165, 1.54) is 0 Å². The van der Waals surface area contributed by atoms with E-state index in [0.717, 1.165) is 38.5 Å². The predicted molar refractivity (Wildman–Crippen MR) is 83.7 cm³/mol. The number of rotatable bonds is 13. The Balaban J connectivity index is 4.30. The predicted octanol–water partition coefficient (Wildman–Crippen LogP) is 5.32. The van der Waals surface area contributed by atoms with Crippen LogP contribution in [0.5, 0.6) is 0 Å². The topological polar surface area (TPSA) is 57.1 Å². The van der Waals surface area contributed by atoms with Crippen molar-refractivity contribution in [3.8, 4) is 0 Å². The van der Waals surface area contributed by atoms with Crippen molar-refractivity contribution in [1.82, 2.24) is 0 Å². The zero-order valence-electron chi connectivity index (χ0n) is 12.1. The number of oxime groups is 1. The van der Waals surface area contributed by atoms with Gasteiger partial charge in [-0.3, -0.25) is 13.7 Å². The van der Waals surface area contributed by atoms with Crippen molar-refractivity contribution in [2.24, 2.45) is 5.16 Å². The number of phosphoric acid groups is 1. The fraction of sp³-hybridized carbons (Fsp3) is 0.917. The van der Waals surface area contributed by atoms with E-state index >= 15 is 0 Å². The maximum Gasteiger partial charge on any atom is 0.550 e. The summed E-state index contributed by atoms with van der Waals surface area (Å²) in [6.45, 7) is 4.74. The average Bonchev–Trinajstić information content (AvgIpc) is 2.46. The van der Waals surface area contributed by atoms with Crippen molar-refractivity contribution in [2.45, 2.75) is 52.4 Å². The van der Waals surface area contributed by atoms with E-state index in [1.807, 2.05) is 0 Å². The zero-order valence-corrected chi connectivity index (χ0v) is 14.6. The molecule has 20 heavy (non-hydrogen) atoms. The Morgan fingerprint density at radius 1 is 1.05 bits per heavy atom. The van der Waals surface area contributed by atoms with Gasteiger partial charge in [0.2, 0.25) is 0 Å². The SMILES string of the molecule is CCCCCOP(=O)(OCCCCC)O/N=C(/Cl)CCl. The van der Waals surface area contributed by atoms with Crippen molar-refractivity contribution >= 4 is 36.2 Å². The molecule has 120 valence electrons. The molecule has 0 saturated heterocycles. The van der Waals surface area contributed by atoms with Gasteiger partial charge in [0, 0.05) is 0 Å². The number of hydrogen-bond donors (Lipinski definition) is 0. The third-order valence-electron chi connectivity index (χ3n) is 2.34. The molecule has 0 bridgehead atoms. The molecule has 0 aromatic carbocycles. The highest BCUT2D eigenvalue weighted by molar-refractivity contribution is 7.48.